The van der Waals surface area contributed by atoms with E-state index in [9.17, 15) is 43.2 Å². The molecule has 2 aliphatic rings. The number of amides is 6. The lowest BCUT2D eigenvalue weighted by Crippen LogP contribution is -2.65. The van der Waals surface area contributed by atoms with Gasteiger partial charge in [-0.15, -0.1) is 0 Å². The Morgan fingerprint density at radius 3 is 1.25 bits per heavy atom. The van der Waals surface area contributed by atoms with Gasteiger partial charge in [-0.1, -0.05) is 66.3 Å². The Morgan fingerprint density at radius 2 is 0.947 bits per heavy atom. The average molecular weight is 1070 g/mol. The van der Waals surface area contributed by atoms with Crippen molar-refractivity contribution in [2.24, 2.45) is 23.7 Å². The van der Waals surface area contributed by atoms with Crippen LogP contribution in [0.15, 0.2) is 24.3 Å². The summed E-state index contributed by atoms with van der Waals surface area (Å²) in [7, 11) is 5.62. The number of hydrogen-bond donors (Lipinski definition) is 7. The van der Waals surface area contributed by atoms with Crippen molar-refractivity contribution < 1.29 is 71.9 Å². The molecule has 0 aliphatic carbocycles. The van der Waals surface area contributed by atoms with Crippen LogP contribution in [0.2, 0.25) is 0 Å². The van der Waals surface area contributed by atoms with Gasteiger partial charge in [0, 0.05) is 27.3 Å². The van der Waals surface area contributed by atoms with E-state index in [2.05, 4.69) is 32.1 Å². The zero-order valence-electron chi connectivity index (χ0n) is 47.4. The molecule has 2 heterocycles. The van der Waals surface area contributed by atoms with Gasteiger partial charge in [-0.25, -0.2) is 15.6 Å². The van der Waals surface area contributed by atoms with Crippen LogP contribution in [-0.4, -0.2) is 163 Å². The van der Waals surface area contributed by atoms with Crippen LogP contribution in [0.1, 0.15) is 137 Å². The van der Waals surface area contributed by atoms with E-state index in [1.807, 2.05) is 27.7 Å². The fourth-order valence-corrected chi connectivity index (χ4v) is 7.63. The van der Waals surface area contributed by atoms with Crippen LogP contribution in [0, 0.1) is 23.7 Å². The second-order valence-electron chi connectivity index (χ2n) is 20.5. The minimum Gasteiger partial charge on any atom is -0.481 e. The minimum atomic E-state index is -1.01. The van der Waals surface area contributed by atoms with E-state index in [4.69, 9.17) is 28.8 Å². The third kappa shape index (κ3) is 23.4. The van der Waals surface area contributed by atoms with Crippen LogP contribution in [0.25, 0.3) is 0 Å². The lowest BCUT2D eigenvalue weighted by atomic mass is 9.94. The van der Waals surface area contributed by atoms with E-state index in [0.717, 1.165) is 0 Å². The first-order chi connectivity index (χ1) is 34.2. The van der Waals surface area contributed by atoms with E-state index in [1.165, 1.54) is 38.5 Å². The summed E-state index contributed by atoms with van der Waals surface area (Å²) in [5, 5.41) is 21.9. The van der Waals surface area contributed by atoms with E-state index in [0.29, 0.717) is 38.8 Å². The summed E-state index contributed by atoms with van der Waals surface area (Å²) in [6.07, 6.45) is 7.94. The normalized spacial score (nSPS) is 20.9. The molecule has 0 saturated carbocycles. The quantitative estimate of drug-likeness (QED) is 0.0516. The Morgan fingerprint density at radius 1 is 0.587 bits per heavy atom. The highest BCUT2D eigenvalue weighted by Crippen LogP contribution is 2.22. The molecule has 75 heavy (non-hydrogen) atoms. The Balaban J connectivity index is 0. The molecule has 0 spiro atoms. The number of nitrogens with one attached hydrogen (secondary N) is 6. The van der Waals surface area contributed by atoms with Crippen LogP contribution >= 0.6 is 0 Å². The molecule has 0 radical (unpaired) electrons. The SMILES string of the molecule is C.C/C=C/[C@@H](OC)[C@@H](C)C(=O)N[C@H](C(=O)N[C@@H](C)C(=O)N1CCCC(C)(C(=O)OC)N1)C(C)C.C/C=C/[C@@H](OC)[C@@H](C)C(=O)O.COC(=O)C1(C)CCCN(C(=O)[C@H](C)NC(=O)[C@@H](NC(=O)OC(C)(C)C)C(C)C)N1. The summed E-state index contributed by atoms with van der Waals surface area (Å²) in [6.45, 7) is 26.7. The van der Waals surface area contributed by atoms with E-state index >= 15 is 0 Å². The smallest absolute Gasteiger partial charge is 0.408 e. The van der Waals surface area contributed by atoms with Crippen LogP contribution in [0.3, 0.4) is 0 Å². The summed E-state index contributed by atoms with van der Waals surface area (Å²) in [4.78, 5) is 111. The molecule has 23 heteroatoms. The lowest BCUT2D eigenvalue weighted by molar-refractivity contribution is -0.158. The number of allylic oxidation sites excluding steroid dienone is 2. The van der Waals surface area contributed by atoms with Gasteiger partial charge in [-0.05, 0) is 107 Å². The maximum atomic E-state index is 13.0. The average Bonchev–Trinajstić information content (AvgIpc) is 3.33. The Labute approximate surface area is 446 Å². The molecule has 0 aromatic rings. The monoisotopic (exact) mass is 1070 g/mol. The van der Waals surface area contributed by atoms with Crippen molar-refractivity contribution in [1.29, 1.82) is 0 Å². The molecule has 2 unspecified atom stereocenters. The Bertz CT molecular complexity index is 1940. The van der Waals surface area contributed by atoms with Crippen LogP contribution in [0.5, 0.6) is 0 Å². The fraction of sp³-hybridized carbons (Fsp3) is 0.750. The third-order valence-corrected chi connectivity index (χ3v) is 12.1. The van der Waals surface area contributed by atoms with Gasteiger partial charge in [0.15, 0.2) is 0 Å². The first-order valence-corrected chi connectivity index (χ1v) is 25.0. The van der Waals surface area contributed by atoms with Crippen molar-refractivity contribution in [2.75, 3.05) is 41.5 Å². The van der Waals surface area contributed by atoms with Gasteiger partial charge in [-0.3, -0.25) is 48.4 Å². The number of esters is 2. The number of rotatable bonds is 20. The predicted molar refractivity (Wildman–Crippen MR) is 283 cm³/mol. The van der Waals surface area contributed by atoms with Crippen molar-refractivity contribution >= 4 is 53.5 Å². The fourth-order valence-electron chi connectivity index (χ4n) is 7.63. The molecule has 10 atom stereocenters. The van der Waals surface area contributed by atoms with Crippen molar-refractivity contribution in [3.63, 3.8) is 0 Å². The number of carboxylic acids is 1. The maximum absolute atomic E-state index is 13.0. The standard InChI is InChI=1S/C23H40N4O6.C20H36N4O6.C8H14O3.CH4/c1-9-11-17(32-7)15(4)19(28)25-18(14(2)3)20(29)24-16(5)21(30)27-13-10-12-23(6,26-27)22(31)33-8;1-12(2)14(22-18(28)30-19(4,5)6)15(25)21-13(3)16(26)24-11-9-10-20(7,23-24)17(27)29-8;1-4-5-7(11-3)6(2)8(9)10;/h9,11,14-18,26H,10,12-13H2,1-8H3,(H,24,29)(H,25,28);12-14,23H,9-11H2,1-8H3,(H,21,25)(H,22,28);4-7H,1-3H3,(H,9,10);1H4/b11-9+;;5-4+;/t15-,16+,17-,18+,23?;13-,14-,20?;6-,7-;/m101./s1. The molecule has 0 aromatic carbocycles. The molecule has 2 fully saturated rings. The van der Waals surface area contributed by atoms with Gasteiger partial charge in [-0.2, -0.15) is 0 Å². The molecular formula is C52H94N8O15. The zero-order valence-corrected chi connectivity index (χ0v) is 47.4. The molecule has 23 nitrogen and oxygen atoms in total. The van der Waals surface area contributed by atoms with Gasteiger partial charge in [0.05, 0.1) is 38.3 Å². The van der Waals surface area contributed by atoms with Crippen LogP contribution in [0.4, 0.5) is 4.79 Å². The zero-order chi connectivity index (χ0) is 57.5. The largest absolute Gasteiger partial charge is 0.481 e. The van der Waals surface area contributed by atoms with E-state index in [-0.39, 0.29) is 37.2 Å². The van der Waals surface area contributed by atoms with Crippen LogP contribution in [-0.2, 0) is 62.0 Å². The second kappa shape index (κ2) is 33.4. The Kier molecular flexibility index (Phi) is 31.8. The van der Waals surface area contributed by atoms with Gasteiger partial charge in [0.25, 0.3) is 11.8 Å². The number of carbonyl (C=O) groups excluding carboxylic acids is 8. The van der Waals surface area contributed by atoms with Gasteiger partial charge >= 0.3 is 24.0 Å². The number of hydrogen-bond acceptors (Lipinski definition) is 16. The summed E-state index contributed by atoms with van der Waals surface area (Å²) >= 11 is 0. The first-order valence-electron chi connectivity index (χ1n) is 25.0. The number of ether oxygens (including phenoxy) is 5. The summed E-state index contributed by atoms with van der Waals surface area (Å²) in [5.41, 5.74) is 3.13. The number of carbonyl (C=O) groups is 9. The number of methoxy groups -OCH3 is 4. The van der Waals surface area contributed by atoms with Crippen molar-refractivity contribution in [2.45, 2.75) is 190 Å². The number of carboxylic acid groups (broad SMARTS) is 1. The molecule has 0 bridgehead atoms. The van der Waals surface area contributed by atoms with Gasteiger partial charge in [0.2, 0.25) is 17.7 Å². The minimum absolute atomic E-state index is 0. The topological polar surface area (TPSA) is 299 Å². The molecule has 2 saturated heterocycles. The second-order valence-corrected chi connectivity index (χ2v) is 20.5. The van der Waals surface area contributed by atoms with Gasteiger partial charge in [0.1, 0.15) is 40.8 Å². The molecule has 432 valence electrons. The number of alkyl carbamates (subject to hydrolysis) is 1. The molecular weight excluding hydrogens is 977 g/mol. The molecule has 2 rings (SSSR count). The lowest BCUT2D eigenvalue weighted by Gasteiger charge is -2.40. The Hall–Kier alpha value is -5.65. The third-order valence-electron chi connectivity index (χ3n) is 12.1. The highest BCUT2D eigenvalue weighted by molar-refractivity contribution is 5.93. The van der Waals surface area contributed by atoms with E-state index in [1.54, 1.807) is 100 Å². The molecule has 0 aromatic heterocycles. The van der Waals surface area contributed by atoms with Crippen LogP contribution < -0.4 is 32.1 Å². The molecule has 6 amide bonds. The highest BCUT2D eigenvalue weighted by atomic mass is 16.6. The van der Waals surface area contributed by atoms with Gasteiger partial charge < -0.3 is 50.1 Å². The number of nitrogens with zero attached hydrogens (tertiary/aromatic N) is 2. The van der Waals surface area contributed by atoms with E-state index < -0.39 is 101 Å². The summed E-state index contributed by atoms with van der Waals surface area (Å²) in [6, 6.07) is -3.43. The van der Waals surface area contributed by atoms with Crippen molar-refractivity contribution in [3.8, 4) is 0 Å². The predicted octanol–water partition coefficient (Wildman–Crippen LogP) is 3.95. The first kappa shape index (κ1) is 71.4. The number of hydrazine groups is 2. The summed E-state index contributed by atoms with van der Waals surface area (Å²) in [5.74, 6) is -5.23. The number of aliphatic carboxylic acids is 1. The molecule has 7 N–H and O–H groups in total. The van der Waals surface area contributed by atoms with Crippen molar-refractivity contribution in [3.05, 3.63) is 24.3 Å². The summed E-state index contributed by atoms with van der Waals surface area (Å²) < 4.78 is 25.2. The highest BCUT2D eigenvalue weighted by Gasteiger charge is 2.43. The van der Waals surface area contributed by atoms with Crippen molar-refractivity contribution in [1.82, 2.24) is 42.1 Å². The maximum Gasteiger partial charge on any atom is 0.408 e. The molecule has 2 aliphatic heterocycles.